The summed E-state index contributed by atoms with van der Waals surface area (Å²) < 4.78 is 11.6. The predicted octanol–water partition coefficient (Wildman–Crippen LogP) is 2.88. The van der Waals surface area contributed by atoms with Crippen molar-refractivity contribution in [2.75, 3.05) is 0 Å². The van der Waals surface area contributed by atoms with Gasteiger partial charge in [0.15, 0.2) is 5.79 Å². The molecule has 2 rings (SSSR count). The lowest BCUT2D eigenvalue weighted by Crippen LogP contribution is -2.20. The average Bonchev–Trinajstić information content (AvgIpc) is 2.52. The Morgan fingerprint density at radius 3 is 2.25 bits per heavy atom. The van der Waals surface area contributed by atoms with Gasteiger partial charge in [0.05, 0.1) is 6.10 Å². The Morgan fingerprint density at radius 1 is 1.19 bits per heavy atom. The molecule has 2 atom stereocenters. The quantitative estimate of drug-likeness (QED) is 0.672. The van der Waals surface area contributed by atoms with Crippen LogP contribution in [-0.4, -0.2) is 11.9 Å². The van der Waals surface area contributed by atoms with E-state index in [-0.39, 0.29) is 12.2 Å². The third-order valence-electron chi connectivity index (χ3n) is 2.71. The van der Waals surface area contributed by atoms with Gasteiger partial charge in [-0.15, -0.1) is 6.42 Å². The highest BCUT2D eigenvalue weighted by Crippen LogP contribution is 2.37. The lowest BCUT2D eigenvalue weighted by Gasteiger charge is -2.17. The van der Waals surface area contributed by atoms with Crippen molar-refractivity contribution >= 4 is 0 Å². The second kappa shape index (κ2) is 3.93. The zero-order valence-corrected chi connectivity index (χ0v) is 9.86. The summed E-state index contributed by atoms with van der Waals surface area (Å²) in [7, 11) is 0. The third-order valence-corrected chi connectivity index (χ3v) is 2.71. The van der Waals surface area contributed by atoms with Crippen LogP contribution in [0, 0.1) is 12.3 Å². The van der Waals surface area contributed by atoms with Crippen LogP contribution in [0.1, 0.15) is 38.0 Å². The number of hydrogen-bond acceptors (Lipinski definition) is 2. The molecule has 0 unspecified atom stereocenters. The van der Waals surface area contributed by atoms with E-state index in [1.54, 1.807) is 0 Å². The van der Waals surface area contributed by atoms with Crippen molar-refractivity contribution in [3.8, 4) is 12.3 Å². The summed E-state index contributed by atoms with van der Waals surface area (Å²) in [6.45, 7) is 5.88. The van der Waals surface area contributed by atoms with E-state index in [0.29, 0.717) is 0 Å². The molecule has 1 aromatic rings. The molecule has 0 bridgehead atoms. The monoisotopic (exact) mass is 216 g/mol. The highest BCUT2D eigenvalue weighted by molar-refractivity contribution is 5.35. The van der Waals surface area contributed by atoms with Crippen molar-refractivity contribution in [1.82, 2.24) is 0 Å². The zero-order chi connectivity index (χ0) is 11.8. The molecule has 2 nitrogen and oxygen atoms in total. The zero-order valence-electron chi connectivity index (χ0n) is 9.86. The van der Waals surface area contributed by atoms with E-state index in [9.17, 15) is 0 Å². The molecule has 0 amide bonds. The van der Waals surface area contributed by atoms with Crippen LogP contribution in [0.2, 0.25) is 0 Å². The molecule has 0 saturated carbocycles. The fourth-order valence-corrected chi connectivity index (χ4v) is 2.05. The van der Waals surface area contributed by atoms with Crippen molar-refractivity contribution in [3.63, 3.8) is 0 Å². The highest BCUT2D eigenvalue weighted by atomic mass is 16.7. The summed E-state index contributed by atoms with van der Waals surface area (Å²) in [5.74, 6) is 2.10. The minimum absolute atomic E-state index is 0.0122. The highest BCUT2D eigenvalue weighted by Gasteiger charge is 2.39. The van der Waals surface area contributed by atoms with Gasteiger partial charge in [0, 0.05) is 5.56 Å². The second-order valence-corrected chi connectivity index (χ2v) is 4.53. The Kier molecular flexibility index (Phi) is 2.75. The van der Waals surface area contributed by atoms with E-state index in [2.05, 4.69) is 5.92 Å². The first kappa shape index (κ1) is 11.2. The summed E-state index contributed by atoms with van der Waals surface area (Å²) >= 11 is 0. The van der Waals surface area contributed by atoms with E-state index in [1.807, 2.05) is 45.0 Å². The minimum atomic E-state index is -0.505. The van der Waals surface area contributed by atoms with Gasteiger partial charge in [0.25, 0.3) is 0 Å². The molecule has 0 N–H and O–H groups in total. The van der Waals surface area contributed by atoms with Gasteiger partial charge in [-0.3, -0.25) is 0 Å². The van der Waals surface area contributed by atoms with Crippen LogP contribution < -0.4 is 0 Å². The summed E-state index contributed by atoms with van der Waals surface area (Å²) in [5.41, 5.74) is 1.99. The van der Waals surface area contributed by atoms with Gasteiger partial charge in [-0.2, -0.15) is 0 Å². The van der Waals surface area contributed by atoms with Crippen molar-refractivity contribution in [1.29, 1.82) is 0 Å². The molecule has 0 aromatic heterocycles. The van der Waals surface area contributed by atoms with Crippen LogP contribution in [0.3, 0.4) is 0 Å². The van der Waals surface area contributed by atoms with Gasteiger partial charge in [0.1, 0.15) is 6.10 Å². The fraction of sp³-hybridized carbons (Fsp3) is 0.429. The SMILES string of the molecule is C#Cc1ccc([C@@H]2OC(C)(C)O[C@@H]2C)cc1. The van der Waals surface area contributed by atoms with Gasteiger partial charge in [-0.1, -0.05) is 18.1 Å². The second-order valence-electron chi connectivity index (χ2n) is 4.53. The summed E-state index contributed by atoms with van der Waals surface area (Å²) in [5, 5.41) is 0. The molecule has 0 radical (unpaired) electrons. The average molecular weight is 216 g/mol. The number of benzene rings is 1. The van der Waals surface area contributed by atoms with E-state index < -0.39 is 5.79 Å². The molecule has 1 aromatic carbocycles. The summed E-state index contributed by atoms with van der Waals surface area (Å²) in [4.78, 5) is 0. The topological polar surface area (TPSA) is 18.5 Å². The molecular weight excluding hydrogens is 200 g/mol. The Bertz CT molecular complexity index is 411. The Labute approximate surface area is 96.6 Å². The fourth-order valence-electron chi connectivity index (χ4n) is 2.05. The van der Waals surface area contributed by atoms with E-state index >= 15 is 0 Å². The number of rotatable bonds is 1. The lowest BCUT2D eigenvalue weighted by molar-refractivity contribution is -0.145. The largest absolute Gasteiger partial charge is 0.344 e. The van der Waals surface area contributed by atoms with Gasteiger partial charge in [0.2, 0.25) is 0 Å². The molecule has 84 valence electrons. The maximum atomic E-state index is 5.85. The molecule has 16 heavy (non-hydrogen) atoms. The number of ether oxygens (including phenoxy) is 2. The maximum Gasteiger partial charge on any atom is 0.164 e. The first-order valence-electron chi connectivity index (χ1n) is 5.44. The van der Waals surface area contributed by atoms with Crippen molar-refractivity contribution < 1.29 is 9.47 Å². The molecular formula is C14H16O2. The third kappa shape index (κ3) is 2.11. The molecule has 1 fully saturated rings. The van der Waals surface area contributed by atoms with Crippen LogP contribution in [0.5, 0.6) is 0 Å². The van der Waals surface area contributed by atoms with Crippen LogP contribution in [0.4, 0.5) is 0 Å². The Balaban J connectivity index is 2.22. The first-order chi connectivity index (χ1) is 7.52. The molecule has 1 aliphatic rings. The summed E-state index contributed by atoms with van der Waals surface area (Å²) in [6, 6.07) is 7.86. The maximum absolute atomic E-state index is 5.85. The van der Waals surface area contributed by atoms with Crippen molar-refractivity contribution in [3.05, 3.63) is 35.4 Å². The van der Waals surface area contributed by atoms with Crippen LogP contribution in [-0.2, 0) is 9.47 Å². The summed E-state index contributed by atoms with van der Waals surface area (Å²) in [6.07, 6.45) is 5.37. The van der Waals surface area contributed by atoms with Gasteiger partial charge in [-0.25, -0.2) is 0 Å². The van der Waals surface area contributed by atoms with Gasteiger partial charge in [-0.05, 0) is 38.5 Å². The number of terminal acetylenes is 1. The van der Waals surface area contributed by atoms with E-state index in [0.717, 1.165) is 11.1 Å². The Hall–Kier alpha value is -1.30. The molecule has 1 heterocycles. The van der Waals surface area contributed by atoms with Gasteiger partial charge >= 0.3 is 0 Å². The molecule has 2 heteroatoms. The van der Waals surface area contributed by atoms with Crippen molar-refractivity contribution in [2.45, 2.75) is 38.8 Å². The number of hydrogen-bond donors (Lipinski definition) is 0. The molecule has 0 spiro atoms. The van der Waals surface area contributed by atoms with Crippen LogP contribution >= 0.6 is 0 Å². The molecule has 1 saturated heterocycles. The van der Waals surface area contributed by atoms with E-state index in [1.165, 1.54) is 0 Å². The van der Waals surface area contributed by atoms with Gasteiger partial charge < -0.3 is 9.47 Å². The normalized spacial score (nSPS) is 27.6. The molecule has 0 aliphatic carbocycles. The lowest BCUT2D eigenvalue weighted by atomic mass is 10.0. The molecule has 1 aliphatic heterocycles. The van der Waals surface area contributed by atoms with Crippen molar-refractivity contribution in [2.24, 2.45) is 0 Å². The smallest absolute Gasteiger partial charge is 0.164 e. The Morgan fingerprint density at radius 2 is 1.81 bits per heavy atom. The van der Waals surface area contributed by atoms with E-state index in [4.69, 9.17) is 15.9 Å². The van der Waals surface area contributed by atoms with Crippen LogP contribution in [0.15, 0.2) is 24.3 Å². The minimum Gasteiger partial charge on any atom is -0.344 e. The predicted molar refractivity (Wildman–Crippen MR) is 62.8 cm³/mol. The standard InChI is InChI=1S/C14H16O2/c1-5-11-6-8-12(9-7-11)13-10(2)15-14(3,4)16-13/h1,6-10,13H,2-4H3/t10-,13-/m1/s1. The first-order valence-corrected chi connectivity index (χ1v) is 5.44. The van der Waals surface area contributed by atoms with Crippen LogP contribution in [0.25, 0.3) is 0 Å².